The van der Waals surface area contributed by atoms with Gasteiger partial charge in [0.2, 0.25) is 0 Å². The first-order valence-electron chi connectivity index (χ1n) is 6.54. The molecule has 1 fully saturated rings. The molecule has 3 rings (SSSR count). The molecule has 92 valence electrons. The summed E-state index contributed by atoms with van der Waals surface area (Å²) >= 11 is 0. The van der Waals surface area contributed by atoms with Gasteiger partial charge in [0.05, 0.1) is 0 Å². The zero-order valence-electron chi connectivity index (χ0n) is 10.2. The quantitative estimate of drug-likeness (QED) is 0.840. The summed E-state index contributed by atoms with van der Waals surface area (Å²) < 4.78 is 5.70. The topological polar surface area (TPSA) is 38.5 Å². The maximum Gasteiger partial charge on any atom is 0.122 e. The van der Waals surface area contributed by atoms with E-state index in [2.05, 4.69) is 23.1 Å². The highest BCUT2D eigenvalue weighted by Gasteiger charge is 2.21. The SMILES string of the molecule is N[C@@H]1COc2cccc(CN3CCCC3)c2C1. The van der Waals surface area contributed by atoms with E-state index in [0.29, 0.717) is 6.61 Å². The Kier molecular flexibility index (Phi) is 3.04. The van der Waals surface area contributed by atoms with Gasteiger partial charge in [-0.05, 0) is 44.0 Å². The molecule has 2 aliphatic rings. The molecule has 0 spiro atoms. The van der Waals surface area contributed by atoms with Crippen molar-refractivity contribution in [1.29, 1.82) is 0 Å². The maximum atomic E-state index is 5.99. The summed E-state index contributed by atoms with van der Waals surface area (Å²) in [5, 5.41) is 0. The van der Waals surface area contributed by atoms with Crippen LogP contribution in [0.3, 0.4) is 0 Å². The van der Waals surface area contributed by atoms with Gasteiger partial charge in [0.1, 0.15) is 12.4 Å². The van der Waals surface area contributed by atoms with Gasteiger partial charge in [0, 0.05) is 18.2 Å². The van der Waals surface area contributed by atoms with Crippen molar-refractivity contribution in [3.8, 4) is 5.75 Å². The summed E-state index contributed by atoms with van der Waals surface area (Å²) in [5.41, 5.74) is 8.72. The highest BCUT2D eigenvalue weighted by Crippen LogP contribution is 2.28. The van der Waals surface area contributed by atoms with Crippen LogP contribution in [-0.2, 0) is 13.0 Å². The second-order valence-corrected chi connectivity index (χ2v) is 5.15. The molecule has 1 aromatic carbocycles. The smallest absolute Gasteiger partial charge is 0.122 e. The van der Waals surface area contributed by atoms with Crippen LogP contribution in [0.2, 0.25) is 0 Å². The van der Waals surface area contributed by atoms with E-state index in [1.165, 1.54) is 37.1 Å². The Morgan fingerprint density at radius 1 is 1.29 bits per heavy atom. The largest absolute Gasteiger partial charge is 0.492 e. The van der Waals surface area contributed by atoms with Crippen LogP contribution < -0.4 is 10.5 Å². The lowest BCUT2D eigenvalue weighted by Crippen LogP contribution is -2.34. The number of benzene rings is 1. The van der Waals surface area contributed by atoms with Gasteiger partial charge in [0.25, 0.3) is 0 Å². The molecule has 2 N–H and O–H groups in total. The van der Waals surface area contributed by atoms with E-state index in [9.17, 15) is 0 Å². The predicted molar refractivity (Wildman–Crippen MR) is 68.1 cm³/mol. The van der Waals surface area contributed by atoms with Crippen LogP contribution in [0, 0.1) is 0 Å². The Morgan fingerprint density at radius 2 is 2.12 bits per heavy atom. The van der Waals surface area contributed by atoms with Crippen molar-refractivity contribution in [3.63, 3.8) is 0 Å². The number of ether oxygens (including phenoxy) is 1. The van der Waals surface area contributed by atoms with E-state index >= 15 is 0 Å². The highest BCUT2D eigenvalue weighted by molar-refractivity contribution is 5.42. The molecule has 0 aromatic heterocycles. The minimum absolute atomic E-state index is 0.155. The summed E-state index contributed by atoms with van der Waals surface area (Å²) in [6.45, 7) is 4.17. The molecule has 0 unspecified atom stereocenters. The molecule has 0 radical (unpaired) electrons. The van der Waals surface area contributed by atoms with E-state index in [-0.39, 0.29) is 6.04 Å². The van der Waals surface area contributed by atoms with E-state index < -0.39 is 0 Å². The number of hydrogen-bond donors (Lipinski definition) is 1. The number of rotatable bonds is 2. The summed E-state index contributed by atoms with van der Waals surface area (Å²) in [4.78, 5) is 2.52. The molecule has 3 nitrogen and oxygen atoms in total. The number of hydrogen-bond acceptors (Lipinski definition) is 3. The number of likely N-dealkylation sites (tertiary alicyclic amines) is 1. The molecular formula is C14H20N2O. The summed E-state index contributed by atoms with van der Waals surface area (Å²) in [6.07, 6.45) is 3.63. The lowest BCUT2D eigenvalue weighted by Gasteiger charge is -2.26. The van der Waals surface area contributed by atoms with Gasteiger partial charge in [-0.2, -0.15) is 0 Å². The summed E-state index contributed by atoms with van der Waals surface area (Å²) in [7, 11) is 0. The zero-order valence-corrected chi connectivity index (χ0v) is 10.2. The molecule has 0 bridgehead atoms. The van der Waals surface area contributed by atoms with E-state index in [4.69, 9.17) is 10.5 Å². The average Bonchev–Trinajstić information content (AvgIpc) is 2.83. The predicted octanol–water partition coefficient (Wildman–Crippen LogP) is 1.54. The second-order valence-electron chi connectivity index (χ2n) is 5.15. The first kappa shape index (κ1) is 11.1. The Balaban J connectivity index is 1.83. The molecule has 0 aliphatic carbocycles. The van der Waals surface area contributed by atoms with Gasteiger partial charge in [-0.25, -0.2) is 0 Å². The van der Waals surface area contributed by atoms with Crippen molar-refractivity contribution in [2.24, 2.45) is 5.73 Å². The van der Waals surface area contributed by atoms with Crippen molar-refractivity contribution >= 4 is 0 Å². The lowest BCUT2D eigenvalue weighted by atomic mass is 9.97. The third-order valence-electron chi connectivity index (χ3n) is 3.74. The molecule has 0 saturated carbocycles. The van der Waals surface area contributed by atoms with Crippen molar-refractivity contribution < 1.29 is 4.74 Å². The van der Waals surface area contributed by atoms with Crippen LogP contribution in [-0.4, -0.2) is 30.6 Å². The van der Waals surface area contributed by atoms with Gasteiger partial charge in [0.15, 0.2) is 0 Å². The summed E-state index contributed by atoms with van der Waals surface area (Å²) in [6, 6.07) is 6.54. The molecule has 0 amide bonds. The van der Waals surface area contributed by atoms with Gasteiger partial charge in [-0.15, -0.1) is 0 Å². The Hall–Kier alpha value is -1.06. The van der Waals surface area contributed by atoms with Crippen molar-refractivity contribution in [1.82, 2.24) is 4.90 Å². The van der Waals surface area contributed by atoms with Gasteiger partial charge >= 0.3 is 0 Å². The lowest BCUT2D eigenvalue weighted by molar-refractivity contribution is 0.260. The monoisotopic (exact) mass is 232 g/mol. The van der Waals surface area contributed by atoms with Crippen LogP contribution >= 0.6 is 0 Å². The van der Waals surface area contributed by atoms with Crippen molar-refractivity contribution in [2.45, 2.75) is 31.8 Å². The van der Waals surface area contributed by atoms with E-state index in [1.54, 1.807) is 0 Å². The molecule has 2 heterocycles. The zero-order chi connectivity index (χ0) is 11.7. The molecule has 1 saturated heterocycles. The van der Waals surface area contributed by atoms with Crippen molar-refractivity contribution in [3.05, 3.63) is 29.3 Å². The molecule has 17 heavy (non-hydrogen) atoms. The molecular weight excluding hydrogens is 212 g/mol. The van der Waals surface area contributed by atoms with Crippen molar-refractivity contribution in [2.75, 3.05) is 19.7 Å². The fourth-order valence-corrected chi connectivity index (χ4v) is 2.83. The van der Waals surface area contributed by atoms with E-state index in [0.717, 1.165) is 18.7 Å². The number of fused-ring (bicyclic) bond motifs is 1. The normalized spacial score (nSPS) is 24.4. The summed E-state index contributed by atoms with van der Waals surface area (Å²) in [5.74, 6) is 1.04. The average molecular weight is 232 g/mol. The fraction of sp³-hybridized carbons (Fsp3) is 0.571. The van der Waals surface area contributed by atoms with Crippen LogP contribution in [0.1, 0.15) is 24.0 Å². The molecule has 1 aromatic rings. The first-order valence-corrected chi connectivity index (χ1v) is 6.54. The highest BCUT2D eigenvalue weighted by atomic mass is 16.5. The second kappa shape index (κ2) is 4.67. The number of nitrogens with zero attached hydrogens (tertiary/aromatic N) is 1. The molecule has 3 heteroatoms. The number of nitrogens with two attached hydrogens (primary N) is 1. The minimum atomic E-state index is 0.155. The standard InChI is InChI=1S/C14H20N2O/c15-12-8-13-11(9-16-6-1-2-7-16)4-3-5-14(13)17-10-12/h3-5,12H,1-2,6-10,15H2/t12-/m0/s1. The fourth-order valence-electron chi connectivity index (χ4n) is 2.83. The van der Waals surface area contributed by atoms with Crippen LogP contribution in [0.25, 0.3) is 0 Å². The Morgan fingerprint density at radius 3 is 2.94 bits per heavy atom. The third-order valence-corrected chi connectivity index (χ3v) is 3.74. The van der Waals surface area contributed by atoms with Gasteiger partial charge in [-0.3, -0.25) is 4.90 Å². The molecule has 1 atom stereocenters. The van der Waals surface area contributed by atoms with Crippen LogP contribution in [0.4, 0.5) is 0 Å². The van der Waals surface area contributed by atoms with Gasteiger partial charge in [-0.1, -0.05) is 12.1 Å². The molecule has 2 aliphatic heterocycles. The third kappa shape index (κ3) is 2.31. The maximum absolute atomic E-state index is 5.99. The Labute approximate surface area is 103 Å². The van der Waals surface area contributed by atoms with Crippen LogP contribution in [0.15, 0.2) is 18.2 Å². The first-order chi connectivity index (χ1) is 8.33. The minimum Gasteiger partial charge on any atom is -0.492 e. The Bertz CT molecular complexity index is 399. The van der Waals surface area contributed by atoms with E-state index in [1.807, 2.05) is 0 Å². The van der Waals surface area contributed by atoms with Gasteiger partial charge < -0.3 is 10.5 Å². The van der Waals surface area contributed by atoms with Crippen LogP contribution in [0.5, 0.6) is 5.75 Å².